The molecule has 78 valence electrons. The van der Waals surface area contributed by atoms with E-state index in [-0.39, 0.29) is 5.75 Å². The normalized spacial score (nSPS) is 11.5. The first-order valence-electron chi connectivity index (χ1n) is 4.08. The molecule has 0 amide bonds. The van der Waals surface area contributed by atoms with Crippen molar-refractivity contribution >= 4 is 10.0 Å². The Morgan fingerprint density at radius 1 is 1.54 bits per heavy atom. The molecule has 0 atom stereocenters. The summed E-state index contributed by atoms with van der Waals surface area (Å²) in [4.78, 5) is 0. The van der Waals surface area contributed by atoms with Crippen LogP contribution in [0.5, 0.6) is 0 Å². The highest BCUT2D eigenvalue weighted by molar-refractivity contribution is 7.89. The van der Waals surface area contributed by atoms with Crippen LogP contribution in [-0.4, -0.2) is 34.4 Å². The molecule has 0 aliphatic heterocycles. The molecular formula is C8H17NO3S. The fraction of sp³-hybridized carbons (Fsp3) is 0.750. The van der Waals surface area contributed by atoms with E-state index in [9.17, 15) is 8.42 Å². The van der Waals surface area contributed by atoms with Gasteiger partial charge in [0.25, 0.3) is 0 Å². The molecule has 0 aromatic heterocycles. The summed E-state index contributed by atoms with van der Waals surface area (Å²) < 4.78 is 29.6. The first-order valence-corrected chi connectivity index (χ1v) is 5.74. The van der Waals surface area contributed by atoms with E-state index in [1.165, 1.54) is 0 Å². The minimum Gasteiger partial charge on any atom is -0.385 e. The number of ether oxygens (including phenoxy) is 1. The maximum absolute atomic E-state index is 11.2. The Labute approximate surface area is 80.0 Å². The van der Waals surface area contributed by atoms with Crippen LogP contribution < -0.4 is 4.72 Å². The molecule has 13 heavy (non-hydrogen) atoms. The zero-order valence-corrected chi connectivity index (χ0v) is 8.99. The summed E-state index contributed by atoms with van der Waals surface area (Å²) >= 11 is 0. The van der Waals surface area contributed by atoms with Gasteiger partial charge in [0.05, 0.1) is 5.75 Å². The summed E-state index contributed by atoms with van der Waals surface area (Å²) in [5.74, 6) is 0.105. The maximum atomic E-state index is 11.2. The summed E-state index contributed by atoms with van der Waals surface area (Å²) in [6, 6.07) is 0. The highest BCUT2D eigenvalue weighted by atomic mass is 32.2. The van der Waals surface area contributed by atoms with E-state index in [0.717, 1.165) is 5.57 Å². The predicted molar refractivity (Wildman–Crippen MR) is 53.1 cm³/mol. The van der Waals surface area contributed by atoms with Gasteiger partial charge in [-0.25, -0.2) is 13.1 Å². The van der Waals surface area contributed by atoms with Crippen LogP contribution in [0.2, 0.25) is 0 Å². The molecule has 0 radical (unpaired) electrons. The van der Waals surface area contributed by atoms with E-state index in [4.69, 9.17) is 4.74 Å². The molecule has 0 aliphatic carbocycles. The molecule has 0 fully saturated rings. The molecule has 0 unspecified atom stereocenters. The van der Waals surface area contributed by atoms with Crippen LogP contribution in [0, 0.1) is 0 Å². The summed E-state index contributed by atoms with van der Waals surface area (Å²) in [6.45, 7) is 6.16. The molecule has 0 saturated carbocycles. The van der Waals surface area contributed by atoms with Crippen molar-refractivity contribution < 1.29 is 13.2 Å². The molecule has 0 saturated heterocycles. The zero-order chi connectivity index (χ0) is 10.3. The average molecular weight is 207 g/mol. The Kier molecular flexibility index (Phi) is 5.94. The van der Waals surface area contributed by atoms with Crippen LogP contribution in [0.15, 0.2) is 12.2 Å². The second-order valence-electron chi connectivity index (χ2n) is 2.94. The van der Waals surface area contributed by atoms with E-state index in [1.54, 1.807) is 14.0 Å². The van der Waals surface area contributed by atoms with Gasteiger partial charge in [-0.3, -0.25) is 0 Å². The molecule has 5 heteroatoms. The molecule has 0 aromatic carbocycles. The van der Waals surface area contributed by atoms with Gasteiger partial charge in [-0.15, -0.1) is 0 Å². The molecule has 0 spiro atoms. The Bertz CT molecular complexity index is 246. The van der Waals surface area contributed by atoms with Crippen LogP contribution >= 0.6 is 0 Å². The van der Waals surface area contributed by atoms with Gasteiger partial charge in [-0.05, 0) is 13.3 Å². The van der Waals surface area contributed by atoms with Crippen molar-refractivity contribution in [2.24, 2.45) is 0 Å². The molecule has 0 bridgehead atoms. The molecule has 0 aromatic rings. The highest BCUT2D eigenvalue weighted by Crippen LogP contribution is 1.92. The van der Waals surface area contributed by atoms with Gasteiger partial charge in [0.15, 0.2) is 0 Å². The number of rotatable bonds is 7. The van der Waals surface area contributed by atoms with Crippen molar-refractivity contribution in [1.29, 1.82) is 0 Å². The van der Waals surface area contributed by atoms with Crippen LogP contribution in [0.3, 0.4) is 0 Å². The van der Waals surface area contributed by atoms with Crippen molar-refractivity contribution in [3.8, 4) is 0 Å². The zero-order valence-electron chi connectivity index (χ0n) is 8.17. The smallest absolute Gasteiger partial charge is 0.211 e. The van der Waals surface area contributed by atoms with Crippen LogP contribution in [0.1, 0.15) is 13.3 Å². The third-order valence-corrected chi connectivity index (χ3v) is 2.77. The quantitative estimate of drug-likeness (QED) is 0.489. The van der Waals surface area contributed by atoms with E-state index in [2.05, 4.69) is 11.3 Å². The Morgan fingerprint density at radius 3 is 2.62 bits per heavy atom. The predicted octanol–water partition coefficient (Wildman–Crippen LogP) is 0.518. The number of hydrogen-bond donors (Lipinski definition) is 1. The topological polar surface area (TPSA) is 55.4 Å². The number of nitrogens with one attached hydrogen (secondary N) is 1. The van der Waals surface area contributed by atoms with Gasteiger partial charge in [0.2, 0.25) is 10.0 Å². The maximum Gasteiger partial charge on any atom is 0.211 e. The molecule has 0 heterocycles. The molecule has 0 rings (SSSR count). The van der Waals surface area contributed by atoms with E-state index >= 15 is 0 Å². The highest BCUT2D eigenvalue weighted by Gasteiger charge is 2.08. The van der Waals surface area contributed by atoms with Crippen molar-refractivity contribution in [2.75, 3.05) is 26.0 Å². The molecular weight excluding hydrogens is 190 g/mol. The lowest BCUT2D eigenvalue weighted by Crippen LogP contribution is -2.28. The molecule has 4 nitrogen and oxygen atoms in total. The largest absolute Gasteiger partial charge is 0.385 e. The van der Waals surface area contributed by atoms with Gasteiger partial charge in [-0.1, -0.05) is 12.2 Å². The van der Waals surface area contributed by atoms with Gasteiger partial charge in [0.1, 0.15) is 0 Å². The second kappa shape index (κ2) is 6.12. The van der Waals surface area contributed by atoms with Gasteiger partial charge >= 0.3 is 0 Å². The lowest BCUT2D eigenvalue weighted by Gasteiger charge is -2.05. The van der Waals surface area contributed by atoms with E-state index < -0.39 is 10.0 Å². The van der Waals surface area contributed by atoms with Crippen LogP contribution in [-0.2, 0) is 14.8 Å². The number of hydrogen-bond acceptors (Lipinski definition) is 3. The summed E-state index contributed by atoms with van der Waals surface area (Å²) in [7, 11) is -1.59. The SMILES string of the molecule is C=C(C)CNS(=O)(=O)CCCOC. The van der Waals surface area contributed by atoms with Gasteiger partial charge in [0, 0.05) is 20.3 Å². The lowest BCUT2D eigenvalue weighted by molar-refractivity contribution is 0.199. The first kappa shape index (κ1) is 12.6. The van der Waals surface area contributed by atoms with E-state index in [1.807, 2.05) is 0 Å². The van der Waals surface area contributed by atoms with Crippen molar-refractivity contribution in [3.05, 3.63) is 12.2 Å². The second-order valence-corrected chi connectivity index (χ2v) is 4.87. The van der Waals surface area contributed by atoms with Crippen molar-refractivity contribution in [3.63, 3.8) is 0 Å². The standard InChI is InChI=1S/C8H17NO3S/c1-8(2)7-9-13(10,11)6-4-5-12-3/h9H,1,4-7H2,2-3H3. The Morgan fingerprint density at radius 2 is 2.15 bits per heavy atom. The summed E-state index contributed by atoms with van der Waals surface area (Å²) in [5.41, 5.74) is 0.801. The Balaban J connectivity index is 3.74. The monoisotopic (exact) mass is 207 g/mol. The number of sulfonamides is 1. The minimum absolute atomic E-state index is 0.105. The van der Waals surface area contributed by atoms with Crippen molar-refractivity contribution in [1.82, 2.24) is 4.72 Å². The summed E-state index contributed by atoms with van der Waals surface area (Å²) in [5, 5.41) is 0. The van der Waals surface area contributed by atoms with Gasteiger partial charge in [-0.2, -0.15) is 0 Å². The van der Waals surface area contributed by atoms with Crippen molar-refractivity contribution in [2.45, 2.75) is 13.3 Å². The minimum atomic E-state index is -3.14. The van der Waals surface area contributed by atoms with Crippen LogP contribution in [0.4, 0.5) is 0 Å². The lowest BCUT2D eigenvalue weighted by atomic mass is 10.4. The van der Waals surface area contributed by atoms with Crippen LogP contribution in [0.25, 0.3) is 0 Å². The van der Waals surface area contributed by atoms with E-state index in [0.29, 0.717) is 19.6 Å². The average Bonchev–Trinajstić information content (AvgIpc) is 2.02. The molecule has 0 aliphatic rings. The van der Waals surface area contributed by atoms with Gasteiger partial charge < -0.3 is 4.74 Å². The fourth-order valence-electron chi connectivity index (χ4n) is 0.699. The molecule has 1 N–H and O–H groups in total. The number of methoxy groups -OCH3 is 1. The third kappa shape index (κ3) is 7.95. The Hall–Kier alpha value is -0.390. The first-order chi connectivity index (χ1) is 5.98. The summed E-state index contributed by atoms with van der Waals surface area (Å²) in [6.07, 6.45) is 0.516. The third-order valence-electron chi connectivity index (χ3n) is 1.36. The fourth-order valence-corrected chi connectivity index (χ4v) is 1.81.